The van der Waals surface area contributed by atoms with Gasteiger partial charge >= 0.3 is 0 Å². The minimum absolute atomic E-state index is 0.0839. The Balaban J connectivity index is 2.00. The van der Waals surface area contributed by atoms with Crippen molar-refractivity contribution in [3.05, 3.63) is 71.3 Å². The molecule has 0 saturated carbocycles. The molecular weight excluding hydrogens is 313 g/mol. The Morgan fingerprint density at radius 1 is 0.875 bits per heavy atom. The summed E-state index contributed by atoms with van der Waals surface area (Å²) in [6, 6.07) is 7.79. The Kier molecular flexibility index (Phi) is 4.34. The van der Waals surface area contributed by atoms with Crippen LogP contribution in [0.15, 0.2) is 42.7 Å². The van der Waals surface area contributed by atoms with Crippen molar-refractivity contribution in [2.75, 3.05) is 0 Å². The summed E-state index contributed by atoms with van der Waals surface area (Å²) in [4.78, 5) is 8.18. The van der Waals surface area contributed by atoms with Crippen LogP contribution in [0.1, 0.15) is 18.1 Å². The van der Waals surface area contributed by atoms with Gasteiger partial charge in [-0.2, -0.15) is 0 Å². The van der Waals surface area contributed by atoms with E-state index >= 15 is 0 Å². The fourth-order valence-electron chi connectivity index (χ4n) is 2.49. The second-order valence-electron chi connectivity index (χ2n) is 5.53. The van der Waals surface area contributed by atoms with Crippen LogP contribution in [0.2, 0.25) is 0 Å². The zero-order valence-corrected chi connectivity index (χ0v) is 13.3. The average molecular weight is 328 g/mol. The molecule has 122 valence electrons. The number of hydrogen-bond acceptors (Lipinski definition) is 2. The van der Waals surface area contributed by atoms with E-state index in [1.165, 1.54) is 24.5 Å². The van der Waals surface area contributed by atoms with Crippen LogP contribution in [0, 0.1) is 24.4 Å². The molecule has 1 aromatic heterocycles. The molecule has 0 amide bonds. The number of benzene rings is 2. The number of halogens is 3. The summed E-state index contributed by atoms with van der Waals surface area (Å²) in [5.74, 6) is -2.01. The lowest BCUT2D eigenvalue weighted by molar-refractivity contribution is 0.502. The summed E-state index contributed by atoms with van der Waals surface area (Å²) in [6.45, 7) is 3.54. The fourth-order valence-corrected chi connectivity index (χ4v) is 2.49. The van der Waals surface area contributed by atoms with Crippen LogP contribution < -0.4 is 0 Å². The SMILES string of the molecule is CCc1ccc(-c2cnc(-c3ccc(C)cc3F)nc2)c(F)c1F. The fraction of sp³-hybridized carbons (Fsp3) is 0.158. The molecule has 0 aliphatic heterocycles. The summed E-state index contributed by atoms with van der Waals surface area (Å²) in [5, 5.41) is 0. The van der Waals surface area contributed by atoms with E-state index in [1.807, 2.05) is 0 Å². The number of nitrogens with zero attached hydrogens (tertiary/aromatic N) is 2. The van der Waals surface area contributed by atoms with Crippen LogP contribution in [0.5, 0.6) is 0 Å². The van der Waals surface area contributed by atoms with E-state index < -0.39 is 17.5 Å². The molecule has 0 radical (unpaired) electrons. The van der Waals surface area contributed by atoms with Crippen LogP contribution >= 0.6 is 0 Å². The van der Waals surface area contributed by atoms with Crippen molar-refractivity contribution in [3.8, 4) is 22.5 Å². The zero-order chi connectivity index (χ0) is 17.3. The molecule has 3 aromatic rings. The molecule has 0 saturated heterocycles. The second-order valence-corrected chi connectivity index (χ2v) is 5.53. The Morgan fingerprint density at radius 2 is 1.54 bits per heavy atom. The van der Waals surface area contributed by atoms with Crippen LogP contribution in [0.25, 0.3) is 22.5 Å². The third-order valence-corrected chi connectivity index (χ3v) is 3.87. The van der Waals surface area contributed by atoms with Gasteiger partial charge in [0.05, 0.1) is 5.56 Å². The molecule has 24 heavy (non-hydrogen) atoms. The minimum atomic E-state index is -0.924. The van der Waals surface area contributed by atoms with E-state index in [-0.39, 0.29) is 17.0 Å². The highest BCUT2D eigenvalue weighted by Crippen LogP contribution is 2.27. The monoisotopic (exact) mass is 328 g/mol. The van der Waals surface area contributed by atoms with Gasteiger partial charge in [0.1, 0.15) is 5.82 Å². The zero-order valence-electron chi connectivity index (χ0n) is 13.3. The topological polar surface area (TPSA) is 25.8 Å². The van der Waals surface area contributed by atoms with Crippen molar-refractivity contribution in [1.82, 2.24) is 9.97 Å². The van der Waals surface area contributed by atoms with Gasteiger partial charge in [0.15, 0.2) is 17.5 Å². The molecule has 0 spiro atoms. The van der Waals surface area contributed by atoms with Gasteiger partial charge in [-0.25, -0.2) is 23.1 Å². The van der Waals surface area contributed by atoms with E-state index in [1.54, 1.807) is 32.0 Å². The molecule has 2 aromatic carbocycles. The van der Waals surface area contributed by atoms with E-state index in [4.69, 9.17) is 0 Å². The van der Waals surface area contributed by atoms with Crippen molar-refractivity contribution >= 4 is 0 Å². The first-order valence-corrected chi connectivity index (χ1v) is 7.57. The Morgan fingerprint density at radius 3 is 2.17 bits per heavy atom. The molecule has 0 aliphatic rings. The van der Waals surface area contributed by atoms with E-state index in [0.717, 1.165) is 5.56 Å². The molecule has 0 unspecified atom stereocenters. The van der Waals surface area contributed by atoms with Crippen LogP contribution in [0.3, 0.4) is 0 Å². The van der Waals surface area contributed by atoms with Crippen LogP contribution in [-0.2, 0) is 6.42 Å². The second kappa shape index (κ2) is 6.43. The highest BCUT2D eigenvalue weighted by Gasteiger charge is 2.15. The number of rotatable bonds is 3. The Hall–Kier alpha value is -2.69. The lowest BCUT2D eigenvalue weighted by Gasteiger charge is -2.08. The molecule has 3 rings (SSSR count). The minimum Gasteiger partial charge on any atom is -0.236 e. The predicted octanol–water partition coefficient (Wildman–Crippen LogP) is 5.10. The van der Waals surface area contributed by atoms with Gasteiger partial charge in [0.2, 0.25) is 0 Å². The number of aryl methyl sites for hydroxylation is 2. The van der Waals surface area contributed by atoms with E-state index in [9.17, 15) is 13.2 Å². The molecule has 5 heteroatoms. The summed E-state index contributed by atoms with van der Waals surface area (Å²) in [7, 11) is 0. The lowest BCUT2D eigenvalue weighted by Crippen LogP contribution is -1.98. The highest BCUT2D eigenvalue weighted by molar-refractivity contribution is 5.65. The quantitative estimate of drug-likeness (QED) is 0.668. The molecule has 1 heterocycles. The van der Waals surface area contributed by atoms with Crippen LogP contribution in [0.4, 0.5) is 13.2 Å². The Labute approximate surface area is 138 Å². The van der Waals surface area contributed by atoms with Gasteiger partial charge in [-0.15, -0.1) is 0 Å². The molecule has 0 atom stereocenters. The van der Waals surface area contributed by atoms with Gasteiger partial charge in [-0.3, -0.25) is 0 Å². The van der Waals surface area contributed by atoms with Crippen molar-refractivity contribution in [1.29, 1.82) is 0 Å². The van der Waals surface area contributed by atoms with Gasteiger partial charge in [-0.05, 0) is 36.6 Å². The van der Waals surface area contributed by atoms with Crippen molar-refractivity contribution < 1.29 is 13.2 Å². The maximum atomic E-state index is 14.2. The lowest BCUT2D eigenvalue weighted by atomic mass is 10.0. The molecular formula is C19H15F3N2. The normalized spacial score (nSPS) is 10.9. The van der Waals surface area contributed by atoms with Gasteiger partial charge in [0.25, 0.3) is 0 Å². The third kappa shape index (κ3) is 2.89. The first kappa shape index (κ1) is 16.2. The molecule has 2 nitrogen and oxygen atoms in total. The molecule has 0 bridgehead atoms. The van der Waals surface area contributed by atoms with E-state index in [0.29, 0.717) is 17.5 Å². The average Bonchev–Trinajstić information content (AvgIpc) is 2.58. The van der Waals surface area contributed by atoms with Crippen molar-refractivity contribution in [3.63, 3.8) is 0 Å². The summed E-state index contributed by atoms with van der Waals surface area (Å²) in [6.07, 6.45) is 3.14. The van der Waals surface area contributed by atoms with Gasteiger partial charge < -0.3 is 0 Å². The number of aromatic nitrogens is 2. The standard InChI is InChI=1S/C19H15F3N2/c1-3-12-5-7-14(18(22)17(12)21)13-9-23-19(24-10-13)15-6-4-11(2)8-16(15)20/h4-10H,3H2,1-2H3. The molecule has 0 aliphatic carbocycles. The third-order valence-electron chi connectivity index (χ3n) is 3.87. The number of hydrogen-bond donors (Lipinski definition) is 0. The first-order valence-electron chi connectivity index (χ1n) is 7.57. The largest absolute Gasteiger partial charge is 0.236 e. The van der Waals surface area contributed by atoms with Crippen LogP contribution in [-0.4, -0.2) is 9.97 Å². The summed E-state index contributed by atoms with van der Waals surface area (Å²) < 4.78 is 42.1. The predicted molar refractivity (Wildman–Crippen MR) is 86.9 cm³/mol. The van der Waals surface area contributed by atoms with Gasteiger partial charge in [0, 0.05) is 23.5 Å². The Bertz CT molecular complexity index is 890. The smallest absolute Gasteiger partial charge is 0.167 e. The molecule has 0 N–H and O–H groups in total. The molecule has 0 fully saturated rings. The van der Waals surface area contributed by atoms with E-state index in [2.05, 4.69) is 9.97 Å². The van der Waals surface area contributed by atoms with Gasteiger partial charge in [-0.1, -0.05) is 25.1 Å². The maximum absolute atomic E-state index is 14.2. The van der Waals surface area contributed by atoms with Crippen molar-refractivity contribution in [2.45, 2.75) is 20.3 Å². The maximum Gasteiger partial charge on any atom is 0.167 e. The summed E-state index contributed by atoms with van der Waals surface area (Å²) >= 11 is 0. The highest BCUT2D eigenvalue weighted by atomic mass is 19.2. The summed E-state index contributed by atoms with van der Waals surface area (Å²) in [5.41, 5.74) is 1.79. The van der Waals surface area contributed by atoms with Crippen molar-refractivity contribution in [2.24, 2.45) is 0 Å². The first-order chi connectivity index (χ1) is 11.5.